The second-order valence-electron chi connectivity index (χ2n) is 1.84. The molecule has 0 bridgehead atoms. The molecule has 0 aliphatic carbocycles. The Balaban J connectivity index is 2.37. The molecule has 0 saturated carbocycles. The van der Waals surface area contributed by atoms with Gasteiger partial charge in [-0.2, -0.15) is 5.26 Å². The van der Waals surface area contributed by atoms with Crippen LogP contribution in [0.1, 0.15) is 0 Å². The maximum absolute atomic E-state index is 8.10. The predicted molar refractivity (Wildman–Crippen MR) is 31.0 cm³/mol. The molecule has 3 heteroatoms. The molecule has 0 atom stereocenters. The van der Waals surface area contributed by atoms with E-state index in [1.54, 1.807) is 10.9 Å². The van der Waals surface area contributed by atoms with Gasteiger partial charge in [0.25, 0.3) is 0 Å². The van der Waals surface area contributed by atoms with E-state index in [0.717, 1.165) is 18.7 Å². The smallest absolute Gasteiger partial charge is 0.183 e. The zero-order valence-corrected chi connectivity index (χ0v) is 4.46. The average Bonchev–Trinajstić information content (AvgIpc) is 1.64. The van der Waals surface area contributed by atoms with E-state index in [-0.39, 0.29) is 0 Å². The Morgan fingerprint density at radius 3 is 2.75 bits per heavy atom. The number of nitriles is 1. The van der Waals surface area contributed by atoms with Gasteiger partial charge in [0, 0.05) is 19.2 Å². The summed E-state index contributed by atoms with van der Waals surface area (Å²) in [7, 11) is 5.28. The Morgan fingerprint density at radius 2 is 2.38 bits per heavy atom. The summed E-state index contributed by atoms with van der Waals surface area (Å²) >= 11 is 0. The van der Waals surface area contributed by atoms with Gasteiger partial charge in [-0.05, 0) is 5.57 Å². The van der Waals surface area contributed by atoms with Crippen molar-refractivity contribution in [1.29, 1.82) is 5.26 Å². The van der Waals surface area contributed by atoms with Gasteiger partial charge < -0.3 is 4.81 Å². The van der Waals surface area contributed by atoms with Crippen LogP contribution in [0.3, 0.4) is 0 Å². The van der Waals surface area contributed by atoms with E-state index in [1.165, 1.54) is 0 Å². The number of hydrogen-bond donors (Lipinski definition) is 0. The minimum atomic E-state index is 0.758. The van der Waals surface area contributed by atoms with Gasteiger partial charge >= 0.3 is 0 Å². The Hall–Kier alpha value is -0.745. The number of rotatable bonds is 0. The molecule has 1 aliphatic heterocycles. The third-order valence-corrected chi connectivity index (χ3v) is 1.08. The first kappa shape index (κ1) is 5.39. The maximum Gasteiger partial charge on any atom is 0.183 e. The standard InChI is InChI=1S/C5H5BN2/c6-8-3-5(4-8)1-2-7/h1H,3-4H2. The average molecular weight is 104 g/mol. The summed E-state index contributed by atoms with van der Waals surface area (Å²) < 4.78 is 0. The van der Waals surface area contributed by atoms with Crippen molar-refractivity contribution >= 4 is 7.98 Å². The zero-order chi connectivity index (χ0) is 5.98. The van der Waals surface area contributed by atoms with Crippen molar-refractivity contribution in [1.82, 2.24) is 4.81 Å². The normalized spacial score (nSPS) is 19.1. The van der Waals surface area contributed by atoms with Gasteiger partial charge in [0.05, 0.1) is 6.07 Å². The molecule has 0 aromatic rings. The van der Waals surface area contributed by atoms with Crippen LogP contribution < -0.4 is 0 Å². The zero-order valence-electron chi connectivity index (χ0n) is 4.46. The molecule has 0 aromatic carbocycles. The summed E-state index contributed by atoms with van der Waals surface area (Å²) in [5.74, 6) is 0. The quantitative estimate of drug-likeness (QED) is 0.315. The summed E-state index contributed by atoms with van der Waals surface area (Å²) in [5.41, 5.74) is 1.12. The van der Waals surface area contributed by atoms with E-state index in [2.05, 4.69) is 0 Å². The maximum atomic E-state index is 8.10. The number of hydrogen-bond acceptors (Lipinski definition) is 2. The molecule has 0 spiro atoms. The molecular formula is C5H5BN2. The molecule has 1 saturated heterocycles. The number of nitrogens with zero attached hydrogens (tertiary/aromatic N) is 2. The highest BCUT2D eigenvalue weighted by molar-refractivity contribution is 6.05. The summed E-state index contributed by atoms with van der Waals surface area (Å²) in [5, 5.41) is 8.10. The first-order chi connectivity index (χ1) is 3.83. The topological polar surface area (TPSA) is 27.0 Å². The first-order valence-corrected chi connectivity index (χ1v) is 2.40. The van der Waals surface area contributed by atoms with Gasteiger partial charge in [-0.1, -0.05) is 0 Å². The molecule has 1 fully saturated rings. The van der Waals surface area contributed by atoms with Crippen LogP contribution in [0.2, 0.25) is 0 Å². The van der Waals surface area contributed by atoms with Crippen LogP contribution >= 0.6 is 0 Å². The van der Waals surface area contributed by atoms with Crippen molar-refractivity contribution in [3.05, 3.63) is 11.6 Å². The van der Waals surface area contributed by atoms with Gasteiger partial charge in [0.1, 0.15) is 0 Å². The van der Waals surface area contributed by atoms with Crippen LogP contribution in [-0.4, -0.2) is 25.9 Å². The van der Waals surface area contributed by atoms with Crippen molar-refractivity contribution < 1.29 is 0 Å². The molecule has 2 nitrogen and oxygen atoms in total. The Kier molecular flexibility index (Phi) is 1.36. The fourth-order valence-electron chi connectivity index (χ4n) is 0.658. The third-order valence-electron chi connectivity index (χ3n) is 1.08. The van der Waals surface area contributed by atoms with Crippen molar-refractivity contribution in [2.45, 2.75) is 0 Å². The Labute approximate surface area is 49.8 Å². The molecule has 0 aromatic heterocycles. The molecule has 38 valence electrons. The lowest BCUT2D eigenvalue weighted by Crippen LogP contribution is -2.37. The van der Waals surface area contributed by atoms with Crippen LogP contribution in [0.25, 0.3) is 0 Å². The van der Waals surface area contributed by atoms with E-state index in [4.69, 9.17) is 13.2 Å². The van der Waals surface area contributed by atoms with E-state index in [9.17, 15) is 0 Å². The van der Waals surface area contributed by atoms with Gasteiger partial charge in [-0.3, -0.25) is 0 Å². The van der Waals surface area contributed by atoms with Crippen molar-refractivity contribution in [2.75, 3.05) is 13.1 Å². The predicted octanol–water partition coefficient (Wildman–Crippen LogP) is -0.165. The molecule has 8 heavy (non-hydrogen) atoms. The minimum Gasteiger partial charge on any atom is -0.347 e. The fourth-order valence-corrected chi connectivity index (χ4v) is 0.658. The summed E-state index contributed by atoms with van der Waals surface area (Å²) in [6.07, 6.45) is 1.54. The lowest BCUT2D eigenvalue weighted by atomic mass is 10.0. The Bertz CT molecular complexity index is 148. The van der Waals surface area contributed by atoms with E-state index >= 15 is 0 Å². The van der Waals surface area contributed by atoms with Crippen molar-refractivity contribution in [2.24, 2.45) is 0 Å². The van der Waals surface area contributed by atoms with Gasteiger partial charge in [-0.25, -0.2) is 0 Å². The van der Waals surface area contributed by atoms with Crippen LogP contribution in [-0.2, 0) is 0 Å². The van der Waals surface area contributed by atoms with Gasteiger partial charge in [0.15, 0.2) is 7.98 Å². The molecule has 1 aliphatic rings. The molecule has 0 amide bonds. The van der Waals surface area contributed by atoms with Crippen LogP contribution in [0.15, 0.2) is 11.6 Å². The van der Waals surface area contributed by atoms with Gasteiger partial charge in [-0.15, -0.1) is 0 Å². The lowest BCUT2D eigenvalue weighted by Gasteiger charge is -2.29. The fraction of sp³-hybridized carbons (Fsp3) is 0.400. The molecule has 2 radical (unpaired) electrons. The van der Waals surface area contributed by atoms with Crippen molar-refractivity contribution in [3.63, 3.8) is 0 Å². The monoisotopic (exact) mass is 104 g/mol. The van der Waals surface area contributed by atoms with Gasteiger partial charge in [0.2, 0.25) is 0 Å². The van der Waals surface area contributed by atoms with E-state index in [1.807, 2.05) is 6.07 Å². The largest absolute Gasteiger partial charge is 0.347 e. The van der Waals surface area contributed by atoms with Crippen LogP contribution in [0.5, 0.6) is 0 Å². The highest BCUT2D eigenvalue weighted by Crippen LogP contribution is 2.08. The second-order valence-corrected chi connectivity index (χ2v) is 1.84. The SMILES string of the molecule is [B]N1CC(=CC#N)C1. The highest BCUT2D eigenvalue weighted by atomic mass is 15.1. The Morgan fingerprint density at radius 1 is 1.75 bits per heavy atom. The van der Waals surface area contributed by atoms with Crippen LogP contribution in [0, 0.1) is 11.3 Å². The minimum absolute atomic E-state index is 0.758. The van der Waals surface area contributed by atoms with E-state index in [0.29, 0.717) is 0 Å². The van der Waals surface area contributed by atoms with E-state index < -0.39 is 0 Å². The summed E-state index contributed by atoms with van der Waals surface area (Å²) in [6, 6.07) is 1.95. The summed E-state index contributed by atoms with van der Waals surface area (Å²) in [4.78, 5) is 1.66. The molecule has 0 N–H and O–H groups in total. The second kappa shape index (κ2) is 2.02. The third kappa shape index (κ3) is 0.905. The molecule has 0 unspecified atom stereocenters. The molecular weight excluding hydrogens is 98.9 g/mol. The molecule has 1 heterocycles. The highest BCUT2D eigenvalue weighted by Gasteiger charge is 2.13. The van der Waals surface area contributed by atoms with Crippen LogP contribution in [0.4, 0.5) is 0 Å². The number of allylic oxidation sites excluding steroid dienone is 1. The summed E-state index contributed by atoms with van der Waals surface area (Å²) in [6.45, 7) is 1.52. The first-order valence-electron chi connectivity index (χ1n) is 2.40. The molecule has 1 rings (SSSR count). The lowest BCUT2D eigenvalue weighted by molar-refractivity contribution is 0.430. The van der Waals surface area contributed by atoms with Crippen molar-refractivity contribution in [3.8, 4) is 6.07 Å².